The minimum atomic E-state index is 0.278. The van der Waals surface area contributed by atoms with E-state index in [1.807, 2.05) is 19.0 Å². The zero-order valence-electron chi connectivity index (χ0n) is 13.3. The van der Waals surface area contributed by atoms with Crippen LogP contribution in [0.25, 0.3) is 0 Å². The van der Waals surface area contributed by atoms with Gasteiger partial charge in [0.15, 0.2) is 0 Å². The Hall–Kier alpha value is -1.69. The molecule has 2 aromatic heterocycles. The quantitative estimate of drug-likeness (QED) is 0.887. The van der Waals surface area contributed by atoms with Crippen molar-refractivity contribution in [2.75, 3.05) is 24.3 Å². The fraction of sp³-hybridized carbons (Fsp3) is 0.533. The van der Waals surface area contributed by atoms with Crippen LogP contribution >= 0.6 is 11.3 Å². The molecule has 1 N–H and O–H groups in total. The molecule has 0 aliphatic carbocycles. The second-order valence-electron chi connectivity index (χ2n) is 5.44. The number of anilines is 2. The molecule has 0 unspecified atom stereocenters. The molecule has 0 saturated carbocycles. The van der Waals surface area contributed by atoms with Crippen molar-refractivity contribution in [1.29, 1.82) is 0 Å². The van der Waals surface area contributed by atoms with Crippen LogP contribution in [0.2, 0.25) is 0 Å². The van der Waals surface area contributed by atoms with Crippen LogP contribution in [0.1, 0.15) is 43.0 Å². The van der Waals surface area contributed by atoms with Gasteiger partial charge in [-0.2, -0.15) is 15.0 Å². The second-order valence-corrected chi connectivity index (χ2v) is 6.44. The molecular weight excluding hydrogens is 282 g/mol. The molecular formula is C15H23N5S. The molecule has 0 spiro atoms. The monoisotopic (exact) mass is 305 g/mol. The largest absolute Gasteiger partial charge is 0.349 e. The number of aryl methyl sites for hydroxylation is 1. The summed E-state index contributed by atoms with van der Waals surface area (Å²) in [6, 6.07) is 2.18. The molecule has 0 amide bonds. The topological polar surface area (TPSA) is 53.9 Å². The van der Waals surface area contributed by atoms with E-state index in [1.165, 1.54) is 10.4 Å². The minimum Gasteiger partial charge on any atom is -0.349 e. The third-order valence-electron chi connectivity index (χ3n) is 3.18. The van der Waals surface area contributed by atoms with Crippen LogP contribution in [0, 0.1) is 0 Å². The predicted molar refractivity (Wildman–Crippen MR) is 89.3 cm³/mol. The molecule has 21 heavy (non-hydrogen) atoms. The number of nitrogens with one attached hydrogen (secondary N) is 1. The van der Waals surface area contributed by atoms with Gasteiger partial charge in [-0.3, -0.25) is 0 Å². The van der Waals surface area contributed by atoms with E-state index in [0.717, 1.165) is 18.8 Å². The third kappa shape index (κ3) is 3.91. The summed E-state index contributed by atoms with van der Waals surface area (Å²) in [5, 5.41) is 5.47. The number of hydrogen-bond acceptors (Lipinski definition) is 6. The highest BCUT2D eigenvalue weighted by Crippen LogP contribution is 2.19. The van der Waals surface area contributed by atoms with Crippen LogP contribution in [0.15, 0.2) is 11.4 Å². The maximum absolute atomic E-state index is 4.51. The van der Waals surface area contributed by atoms with Crippen LogP contribution in [0.3, 0.4) is 0 Å². The van der Waals surface area contributed by atoms with E-state index in [9.17, 15) is 0 Å². The smallest absolute Gasteiger partial charge is 0.229 e. The summed E-state index contributed by atoms with van der Waals surface area (Å²) in [6.07, 6.45) is 1.05. The van der Waals surface area contributed by atoms with Gasteiger partial charge in [0.1, 0.15) is 5.82 Å². The zero-order chi connectivity index (χ0) is 15.4. The third-order valence-corrected chi connectivity index (χ3v) is 4.15. The van der Waals surface area contributed by atoms with Crippen molar-refractivity contribution in [2.45, 2.75) is 39.7 Å². The van der Waals surface area contributed by atoms with Gasteiger partial charge < -0.3 is 10.2 Å². The highest BCUT2D eigenvalue weighted by molar-refractivity contribution is 7.10. The summed E-state index contributed by atoms with van der Waals surface area (Å²) in [5.74, 6) is 2.43. The number of rotatable bonds is 6. The number of hydrogen-bond donors (Lipinski definition) is 1. The normalized spacial score (nSPS) is 11.0. The number of aromatic nitrogens is 3. The van der Waals surface area contributed by atoms with Gasteiger partial charge in [0.2, 0.25) is 11.9 Å². The Balaban J connectivity index is 2.19. The van der Waals surface area contributed by atoms with Gasteiger partial charge in [-0.05, 0) is 23.4 Å². The van der Waals surface area contributed by atoms with Crippen molar-refractivity contribution in [3.05, 3.63) is 27.7 Å². The molecule has 0 atom stereocenters. The summed E-state index contributed by atoms with van der Waals surface area (Å²) in [4.78, 5) is 16.7. The average molecular weight is 305 g/mol. The zero-order valence-corrected chi connectivity index (χ0v) is 14.2. The van der Waals surface area contributed by atoms with Crippen molar-refractivity contribution in [1.82, 2.24) is 15.0 Å². The summed E-state index contributed by atoms with van der Waals surface area (Å²) in [6.45, 7) is 7.12. The summed E-state index contributed by atoms with van der Waals surface area (Å²) >= 11 is 1.77. The maximum atomic E-state index is 4.51. The Morgan fingerprint density at radius 3 is 2.62 bits per heavy atom. The lowest BCUT2D eigenvalue weighted by Crippen LogP contribution is -2.17. The van der Waals surface area contributed by atoms with Crippen LogP contribution in [0.4, 0.5) is 11.9 Å². The molecule has 0 saturated heterocycles. The Labute approximate surface area is 130 Å². The lowest BCUT2D eigenvalue weighted by molar-refractivity contribution is 0.754. The molecule has 0 aromatic carbocycles. The fourth-order valence-corrected chi connectivity index (χ4v) is 2.83. The Kier molecular flexibility index (Phi) is 5.12. The summed E-state index contributed by atoms with van der Waals surface area (Å²) in [7, 11) is 3.88. The Morgan fingerprint density at radius 1 is 1.24 bits per heavy atom. The van der Waals surface area contributed by atoms with Crippen LogP contribution in [-0.4, -0.2) is 29.0 Å². The molecule has 2 aromatic rings. The van der Waals surface area contributed by atoms with Crippen molar-refractivity contribution in [3.63, 3.8) is 0 Å². The lowest BCUT2D eigenvalue weighted by atomic mass is 10.2. The first-order valence-electron chi connectivity index (χ1n) is 7.23. The van der Waals surface area contributed by atoms with Gasteiger partial charge >= 0.3 is 0 Å². The molecule has 114 valence electrons. The van der Waals surface area contributed by atoms with E-state index >= 15 is 0 Å². The molecule has 2 heterocycles. The van der Waals surface area contributed by atoms with Crippen LogP contribution in [0.5, 0.6) is 0 Å². The number of nitrogens with zero attached hydrogens (tertiary/aromatic N) is 4. The van der Waals surface area contributed by atoms with Gasteiger partial charge in [0, 0.05) is 24.9 Å². The number of thiophene rings is 1. The molecule has 0 radical (unpaired) electrons. The first kappa shape index (κ1) is 15.7. The van der Waals surface area contributed by atoms with E-state index in [4.69, 9.17) is 0 Å². The molecule has 0 aliphatic heterocycles. The van der Waals surface area contributed by atoms with E-state index in [2.05, 4.69) is 52.5 Å². The standard InChI is InChI=1S/C15H23N5S/c1-6-11-7-8-21-12(11)9-16-14-17-13(10(2)3)18-15(19-14)20(4)5/h7-8,10H,6,9H2,1-5H3,(H,16,17,18,19). The summed E-state index contributed by atoms with van der Waals surface area (Å²) < 4.78 is 0. The molecule has 0 fully saturated rings. The summed E-state index contributed by atoms with van der Waals surface area (Å²) in [5.41, 5.74) is 1.39. The first-order valence-corrected chi connectivity index (χ1v) is 8.11. The van der Waals surface area contributed by atoms with E-state index in [0.29, 0.717) is 11.9 Å². The molecule has 2 rings (SSSR count). The van der Waals surface area contributed by atoms with Gasteiger partial charge in [-0.15, -0.1) is 11.3 Å². The van der Waals surface area contributed by atoms with Gasteiger partial charge in [-0.1, -0.05) is 20.8 Å². The molecule has 6 heteroatoms. The van der Waals surface area contributed by atoms with Crippen molar-refractivity contribution >= 4 is 23.2 Å². The molecule has 5 nitrogen and oxygen atoms in total. The maximum Gasteiger partial charge on any atom is 0.229 e. The highest BCUT2D eigenvalue weighted by Gasteiger charge is 2.11. The van der Waals surface area contributed by atoms with E-state index < -0.39 is 0 Å². The lowest BCUT2D eigenvalue weighted by Gasteiger charge is -2.14. The van der Waals surface area contributed by atoms with Crippen molar-refractivity contribution < 1.29 is 0 Å². The fourth-order valence-electron chi connectivity index (χ4n) is 1.91. The molecule has 0 aliphatic rings. The van der Waals surface area contributed by atoms with Crippen molar-refractivity contribution in [3.8, 4) is 0 Å². The van der Waals surface area contributed by atoms with E-state index in [1.54, 1.807) is 11.3 Å². The van der Waals surface area contributed by atoms with Gasteiger partial charge in [-0.25, -0.2) is 0 Å². The minimum absolute atomic E-state index is 0.278. The SMILES string of the molecule is CCc1ccsc1CNc1nc(C(C)C)nc(N(C)C)n1. The van der Waals surface area contributed by atoms with Crippen LogP contribution in [-0.2, 0) is 13.0 Å². The first-order chi connectivity index (χ1) is 10.0. The Morgan fingerprint density at radius 2 is 2.00 bits per heavy atom. The second kappa shape index (κ2) is 6.85. The van der Waals surface area contributed by atoms with Gasteiger partial charge in [0.05, 0.1) is 6.54 Å². The molecule has 0 bridgehead atoms. The predicted octanol–water partition coefficient (Wildman–Crippen LogP) is 3.30. The van der Waals surface area contributed by atoms with Crippen molar-refractivity contribution in [2.24, 2.45) is 0 Å². The Bertz CT molecular complexity index is 565. The average Bonchev–Trinajstić information content (AvgIpc) is 2.92. The van der Waals surface area contributed by atoms with E-state index in [-0.39, 0.29) is 5.92 Å². The van der Waals surface area contributed by atoms with Crippen LogP contribution < -0.4 is 10.2 Å². The highest BCUT2D eigenvalue weighted by atomic mass is 32.1. The van der Waals surface area contributed by atoms with Gasteiger partial charge in [0.25, 0.3) is 0 Å².